The van der Waals surface area contributed by atoms with Crippen molar-refractivity contribution in [2.45, 2.75) is 6.54 Å². The Morgan fingerprint density at radius 2 is 2.55 bits per heavy atom. The van der Waals surface area contributed by atoms with Crippen LogP contribution in [0.15, 0.2) is 30.7 Å². The second-order valence-electron chi connectivity index (χ2n) is 2.27. The van der Waals surface area contributed by atoms with Gasteiger partial charge in [-0.05, 0) is 12.1 Å². The fraction of sp³-hybridized carbons (Fsp3) is 0.143. The molecule has 0 aromatic carbocycles. The van der Waals surface area contributed by atoms with Crippen LogP contribution in [0.5, 0.6) is 0 Å². The minimum atomic E-state index is 0.733. The van der Waals surface area contributed by atoms with E-state index in [0.717, 1.165) is 12.2 Å². The molecule has 0 amide bonds. The molecule has 0 saturated heterocycles. The van der Waals surface area contributed by atoms with Gasteiger partial charge in [0.2, 0.25) is 0 Å². The molecule has 56 valence electrons. The molecule has 0 bridgehead atoms. The Hall–Kier alpha value is -1.58. The van der Waals surface area contributed by atoms with Crippen molar-refractivity contribution in [3.8, 4) is 0 Å². The number of hydrogen-bond acceptors (Lipinski definition) is 2. The number of rotatable bonds is 2. The van der Waals surface area contributed by atoms with Gasteiger partial charge in [-0.3, -0.25) is 9.78 Å². The Balaban J connectivity index is 2.14. The van der Waals surface area contributed by atoms with Crippen molar-refractivity contribution >= 4 is 0 Å². The van der Waals surface area contributed by atoms with Crippen LogP contribution in [0.4, 0.5) is 0 Å². The fourth-order valence-corrected chi connectivity index (χ4v) is 0.939. The van der Waals surface area contributed by atoms with Gasteiger partial charge in [0.15, 0.2) is 0 Å². The highest BCUT2D eigenvalue weighted by Gasteiger charge is 1.94. The zero-order valence-corrected chi connectivity index (χ0v) is 5.94. The molecule has 0 fully saturated rings. The van der Waals surface area contributed by atoms with Crippen LogP contribution in [0.3, 0.4) is 0 Å². The lowest BCUT2D eigenvalue weighted by Crippen LogP contribution is -1.99. The van der Waals surface area contributed by atoms with Gasteiger partial charge in [-0.1, -0.05) is 0 Å². The van der Waals surface area contributed by atoms with Crippen LogP contribution >= 0.6 is 0 Å². The van der Waals surface area contributed by atoms with Crippen LogP contribution in [-0.4, -0.2) is 20.0 Å². The highest BCUT2D eigenvalue weighted by Crippen LogP contribution is 1.94. The summed E-state index contributed by atoms with van der Waals surface area (Å²) >= 11 is 0. The molecule has 0 radical (unpaired) electrons. The van der Waals surface area contributed by atoms with Crippen molar-refractivity contribution in [3.05, 3.63) is 36.4 Å². The van der Waals surface area contributed by atoms with Gasteiger partial charge >= 0.3 is 0 Å². The molecule has 2 aromatic rings. The Kier molecular flexibility index (Phi) is 1.44. The molecule has 2 rings (SSSR count). The van der Waals surface area contributed by atoms with Crippen LogP contribution in [0.1, 0.15) is 5.69 Å². The molecule has 2 heterocycles. The van der Waals surface area contributed by atoms with E-state index in [2.05, 4.69) is 15.3 Å². The molecule has 0 aliphatic rings. The predicted molar refractivity (Wildman–Crippen MR) is 39.9 cm³/mol. The van der Waals surface area contributed by atoms with Crippen molar-refractivity contribution in [3.63, 3.8) is 0 Å². The molecule has 0 aliphatic heterocycles. The number of H-pyrrole nitrogens is 1. The number of aromatic amines is 1. The number of hydrogen-bond donors (Lipinski definition) is 1. The summed E-state index contributed by atoms with van der Waals surface area (Å²) in [5.41, 5.74) is 0.994. The Bertz CT molecular complexity index is 263. The summed E-state index contributed by atoms with van der Waals surface area (Å²) in [5.74, 6) is 0. The van der Waals surface area contributed by atoms with E-state index in [1.54, 1.807) is 12.4 Å². The van der Waals surface area contributed by atoms with E-state index < -0.39 is 0 Å². The third kappa shape index (κ3) is 1.29. The molecule has 4 nitrogen and oxygen atoms in total. The largest absolute Gasteiger partial charge is 0.285 e. The van der Waals surface area contributed by atoms with Gasteiger partial charge in [0.05, 0.1) is 12.2 Å². The zero-order valence-electron chi connectivity index (χ0n) is 5.94. The van der Waals surface area contributed by atoms with Crippen LogP contribution in [-0.2, 0) is 6.54 Å². The SMILES string of the molecule is c1cnn(Cc2cc[nH]n2)c1. The number of aromatic nitrogens is 4. The molecule has 0 atom stereocenters. The van der Waals surface area contributed by atoms with Gasteiger partial charge in [0.25, 0.3) is 0 Å². The van der Waals surface area contributed by atoms with Crippen LogP contribution in [0.2, 0.25) is 0 Å². The highest BCUT2D eigenvalue weighted by molar-refractivity contribution is 4.98. The lowest BCUT2D eigenvalue weighted by atomic mass is 10.4. The quantitative estimate of drug-likeness (QED) is 0.679. The minimum absolute atomic E-state index is 0.733. The van der Waals surface area contributed by atoms with Crippen LogP contribution in [0.25, 0.3) is 0 Å². The first-order chi connectivity index (χ1) is 5.45. The molecule has 1 N–H and O–H groups in total. The van der Waals surface area contributed by atoms with Gasteiger partial charge < -0.3 is 0 Å². The fourth-order valence-electron chi connectivity index (χ4n) is 0.939. The van der Waals surface area contributed by atoms with E-state index in [0.29, 0.717) is 0 Å². The van der Waals surface area contributed by atoms with Gasteiger partial charge in [-0.15, -0.1) is 0 Å². The Labute approximate surface area is 63.9 Å². The standard InChI is InChI=1S/C7H8N4/c1-3-9-11(5-1)6-7-2-4-8-10-7/h1-5H,6H2,(H,8,10). The Morgan fingerprint density at radius 1 is 1.55 bits per heavy atom. The average Bonchev–Trinajstić information content (AvgIpc) is 2.60. The highest BCUT2D eigenvalue weighted by atomic mass is 15.3. The molecule has 11 heavy (non-hydrogen) atoms. The summed E-state index contributed by atoms with van der Waals surface area (Å²) in [6, 6.07) is 3.83. The van der Waals surface area contributed by atoms with Gasteiger partial charge in [-0.25, -0.2) is 0 Å². The normalized spacial score (nSPS) is 10.2. The Morgan fingerprint density at radius 3 is 3.18 bits per heavy atom. The molecule has 2 aromatic heterocycles. The number of nitrogens with zero attached hydrogens (tertiary/aromatic N) is 3. The maximum Gasteiger partial charge on any atom is 0.0849 e. The summed E-state index contributed by atoms with van der Waals surface area (Å²) in [5, 5.41) is 10.8. The van der Waals surface area contributed by atoms with E-state index in [1.165, 1.54) is 0 Å². The summed E-state index contributed by atoms with van der Waals surface area (Å²) in [7, 11) is 0. The van der Waals surface area contributed by atoms with Crippen molar-refractivity contribution in [1.82, 2.24) is 20.0 Å². The average molecular weight is 148 g/mol. The van der Waals surface area contributed by atoms with Crippen molar-refractivity contribution in [1.29, 1.82) is 0 Å². The topological polar surface area (TPSA) is 46.5 Å². The third-order valence-electron chi connectivity index (χ3n) is 1.44. The molecule has 0 aliphatic carbocycles. The lowest BCUT2D eigenvalue weighted by Gasteiger charge is -1.94. The minimum Gasteiger partial charge on any atom is -0.285 e. The van der Waals surface area contributed by atoms with E-state index in [9.17, 15) is 0 Å². The lowest BCUT2D eigenvalue weighted by molar-refractivity contribution is 0.670. The van der Waals surface area contributed by atoms with Crippen molar-refractivity contribution in [2.75, 3.05) is 0 Å². The maximum absolute atomic E-state index is 4.05. The first-order valence-corrected chi connectivity index (χ1v) is 3.41. The first-order valence-electron chi connectivity index (χ1n) is 3.41. The maximum atomic E-state index is 4.05. The summed E-state index contributed by atoms with van der Waals surface area (Å²) < 4.78 is 1.83. The molecule has 0 saturated carbocycles. The number of nitrogens with one attached hydrogen (secondary N) is 1. The summed E-state index contributed by atoms with van der Waals surface area (Å²) in [6.45, 7) is 0.733. The second kappa shape index (κ2) is 2.57. The van der Waals surface area contributed by atoms with Gasteiger partial charge in [0.1, 0.15) is 0 Å². The third-order valence-corrected chi connectivity index (χ3v) is 1.44. The monoisotopic (exact) mass is 148 g/mol. The van der Waals surface area contributed by atoms with Gasteiger partial charge in [0, 0.05) is 18.6 Å². The van der Waals surface area contributed by atoms with Crippen LogP contribution < -0.4 is 0 Å². The van der Waals surface area contributed by atoms with E-state index in [1.807, 2.05) is 23.0 Å². The second-order valence-corrected chi connectivity index (χ2v) is 2.27. The molecule has 0 unspecified atom stereocenters. The molecule has 4 heteroatoms. The van der Waals surface area contributed by atoms with E-state index >= 15 is 0 Å². The molecular formula is C7H8N4. The van der Waals surface area contributed by atoms with Gasteiger partial charge in [-0.2, -0.15) is 10.2 Å². The zero-order chi connectivity index (χ0) is 7.52. The molecular weight excluding hydrogens is 140 g/mol. The molecule has 0 spiro atoms. The smallest absolute Gasteiger partial charge is 0.0849 e. The first kappa shape index (κ1) is 6.15. The predicted octanol–water partition coefficient (Wildman–Crippen LogP) is 0.654. The van der Waals surface area contributed by atoms with Crippen molar-refractivity contribution < 1.29 is 0 Å². The summed E-state index contributed by atoms with van der Waals surface area (Å²) in [6.07, 6.45) is 5.47. The van der Waals surface area contributed by atoms with E-state index in [4.69, 9.17) is 0 Å². The van der Waals surface area contributed by atoms with Crippen molar-refractivity contribution in [2.24, 2.45) is 0 Å². The summed E-state index contributed by atoms with van der Waals surface area (Å²) in [4.78, 5) is 0. The van der Waals surface area contributed by atoms with Crippen LogP contribution in [0, 0.1) is 0 Å². The van der Waals surface area contributed by atoms with E-state index in [-0.39, 0.29) is 0 Å².